The summed E-state index contributed by atoms with van der Waals surface area (Å²) in [7, 11) is 0. The van der Waals surface area contributed by atoms with Gasteiger partial charge in [0.2, 0.25) is 6.41 Å². The van der Waals surface area contributed by atoms with Gasteiger partial charge in [-0.25, -0.2) is 0 Å². The molecule has 1 heterocycles. The fraction of sp³-hybridized carbons (Fsp3) is 0.941. The molecule has 1 rings (SSSR count). The van der Waals surface area contributed by atoms with Gasteiger partial charge in [-0.3, -0.25) is 4.79 Å². The monoisotopic (exact) mass is 363 g/mol. The highest BCUT2D eigenvalue weighted by molar-refractivity contribution is 7.80. The van der Waals surface area contributed by atoms with Crippen LogP contribution in [0.4, 0.5) is 0 Å². The average molecular weight is 364 g/mol. The van der Waals surface area contributed by atoms with Crippen molar-refractivity contribution in [1.29, 1.82) is 0 Å². The van der Waals surface area contributed by atoms with Gasteiger partial charge in [-0.2, -0.15) is 12.6 Å². The molecular formula is C17H37N3O3S. The number of nitrogens with one attached hydrogen (secondary N) is 2. The molecule has 0 saturated carbocycles. The molecule has 2 N–H and O–H groups in total. The molecular weight excluding hydrogens is 326 g/mol. The molecule has 144 valence electrons. The summed E-state index contributed by atoms with van der Waals surface area (Å²) >= 11 is 3.79. The Morgan fingerprint density at radius 3 is 2.29 bits per heavy atom. The minimum absolute atomic E-state index is 0.540. The number of thiol groups is 1. The predicted octanol–water partition coefficient (Wildman–Crippen LogP) is 1.16. The van der Waals surface area contributed by atoms with Crippen molar-refractivity contribution in [3.63, 3.8) is 0 Å². The molecule has 0 radical (unpaired) electrons. The molecule has 0 atom stereocenters. The smallest absolute Gasteiger partial charge is 0.207 e. The lowest BCUT2D eigenvalue weighted by molar-refractivity contribution is -0.109. The maximum Gasteiger partial charge on any atom is 0.207 e. The summed E-state index contributed by atoms with van der Waals surface area (Å²) in [6, 6.07) is 1.25. The van der Waals surface area contributed by atoms with Crippen molar-refractivity contribution in [1.82, 2.24) is 15.5 Å². The number of carbonyl (C=O) groups is 1. The summed E-state index contributed by atoms with van der Waals surface area (Å²) < 4.78 is 10.9. The van der Waals surface area contributed by atoms with Gasteiger partial charge >= 0.3 is 0 Å². The van der Waals surface area contributed by atoms with Crippen molar-refractivity contribution in [3.8, 4) is 0 Å². The van der Waals surface area contributed by atoms with Gasteiger partial charge in [0.15, 0.2) is 0 Å². The van der Waals surface area contributed by atoms with Crippen LogP contribution in [0, 0.1) is 0 Å². The van der Waals surface area contributed by atoms with Gasteiger partial charge in [-0.15, -0.1) is 0 Å². The van der Waals surface area contributed by atoms with Crippen molar-refractivity contribution in [2.45, 2.75) is 45.7 Å². The fourth-order valence-electron chi connectivity index (χ4n) is 2.50. The molecule has 6 nitrogen and oxygen atoms in total. The molecule has 1 saturated heterocycles. The Hall–Kier alpha value is -0.340. The van der Waals surface area contributed by atoms with Crippen LogP contribution in [-0.2, 0) is 14.3 Å². The second kappa shape index (κ2) is 17.5. The molecule has 7 heteroatoms. The van der Waals surface area contributed by atoms with Crippen molar-refractivity contribution in [2.75, 3.05) is 58.4 Å². The zero-order chi connectivity index (χ0) is 18.0. The van der Waals surface area contributed by atoms with E-state index in [1.807, 2.05) is 6.92 Å². The number of rotatable bonds is 12. The normalized spacial score (nSPS) is 15.9. The zero-order valence-corrected chi connectivity index (χ0v) is 16.5. The second-order valence-electron chi connectivity index (χ2n) is 6.05. The Kier molecular flexibility index (Phi) is 17.2. The highest BCUT2D eigenvalue weighted by Gasteiger charge is 2.18. The van der Waals surface area contributed by atoms with Gasteiger partial charge in [-0.1, -0.05) is 20.8 Å². The number of likely N-dealkylation sites (tertiary alicyclic amines) is 1. The lowest BCUT2D eigenvalue weighted by Gasteiger charge is -2.33. The van der Waals surface area contributed by atoms with Crippen LogP contribution >= 0.6 is 12.6 Å². The first-order valence-corrected chi connectivity index (χ1v) is 9.69. The van der Waals surface area contributed by atoms with E-state index >= 15 is 0 Å². The third kappa shape index (κ3) is 15.2. The quantitative estimate of drug-likeness (QED) is 0.276. The molecule has 0 aliphatic carbocycles. The predicted molar refractivity (Wildman–Crippen MR) is 103 cm³/mol. The van der Waals surface area contributed by atoms with E-state index in [9.17, 15) is 4.79 Å². The second-order valence-corrected chi connectivity index (χ2v) is 6.68. The Bertz CT molecular complexity index is 276. The largest absolute Gasteiger partial charge is 0.378 e. The molecule has 0 aromatic rings. The van der Waals surface area contributed by atoms with Crippen LogP contribution in [0.25, 0.3) is 0 Å². The van der Waals surface area contributed by atoms with Gasteiger partial charge in [0, 0.05) is 25.2 Å². The maximum absolute atomic E-state index is 10.0. The standard InChI is InChI=1S/C15H31N3O3.C2H6S/c1-14(2)17-15-3-6-18(7-4-15)8-10-21-12-11-20-9-5-16-13-19;1-2-3/h13-15,17H,3-12H2,1-2H3,(H,16,19);3H,2H2,1H3. The first-order chi connectivity index (χ1) is 11.6. The van der Waals surface area contributed by atoms with E-state index in [2.05, 4.69) is 42.0 Å². The van der Waals surface area contributed by atoms with E-state index in [0.717, 1.165) is 32.0 Å². The van der Waals surface area contributed by atoms with Crippen molar-refractivity contribution in [3.05, 3.63) is 0 Å². The average Bonchev–Trinajstić information content (AvgIpc) is 2.55. The molecule has 1 aliphatic rings. The molecule has 1 amide bonds. The lowest BCUT2D eigenvalue weighted by Crippen LogP contribution is -2.45. The molecule has 0 aromatic carbocycles. The molecule has 0 spiro atoms. The molecule has 24 heavy (non-hydrogen) atoms. The van der Waals surface area contributed by atoms with Gasteiger partial charge in [-0.05, 0) is 31.7 Å². The van der Waals surface area contributed by atoms with E-state index in [4.69, 9.17) is 9.47 Å². The van der Waals surface area contributed by atoms with Crippen LogP contribution in [0.5, 0.6) is 0 Å². The van der Waals surface area contributed by atoms with E-state index in [1.54, 1.807) is 0 Å². The Labute approximate surface area is 153 Å². The van der Waals surface area contributed by atoms with Crippen molar-refractivity contribution >= 4 is 19.0 Å². The van der Waals surface area contributed by atoms with Gasteiger partial charge < -0.3 is 25.0 Å². The minimum atomic E-state index is 0.540. The summed E-state index contributed by atoms with van der Waals surface area (Å²) in [5, 5.41) is 6.16. The molecule has 1 aliphatic heterocycles. The number of piperidine rings is 1. The summed E-state index contributed by atoms with van der Waals surface area (Å²) in [6.07, 6.45) is 3.13. The molecule has 1 fully saturated rings. The fourth-order valence-corrected chi connectivity index (χ4v) is 2.50. The number of hydrogen-bond donors (Lipinski definition) is 3. The third-order valence-electron chi connectivity index (χ3n) is 3.55. The van der Waals surface area contributed by atoms with E-state index in [-0.39, 0.29) is 0 Å². The number of carbonyl (C=O) groups excluding carboxylic acids is 1. The molecule has 0 bridgehead atoms. The summed E-state index contributed by atoms with van der Waals surface area (Å²) in [5.41, 5.74) is 0. The maximum atomic E-state index is 10.0. The third-order valence-corrected chi connectivity index (χ3v) is 3.55. The van der Waals surface area contributed by atoms with Crippen LogP contribution in [0.1, 0.15) is 33.6 Å². The van der Waals surface area contributed by atoms with Crippen LogP contribution < -0.4 is 10.6 Å². The summed E-state index contributed by atoms with van der Waals surface area (Å²) in [4.78, 5) is 12.5. The SMILES string of the molecule is CC(C)NC1CCN(CCOCCOCCNC=O)CC1.CCS. The topological polar surface area (TPSA) is 62.8 Å². The van der Waals surface area contributed by atoms with E-state index in [1.165, 1.54) is 12.8 Å². The highest BCUT2D eigenvalue weighted by atomic mass is 32.1. The minimum Gasteiger partial charge on any atom is -0.378 e. The van der Waals surface area contributed by atoms with Crippen LogP contribution in [0.15, 0.2) is 0 Å². The summed E-state index contributed by atoms with van der Waals surface area (Å²) in [5.74, 6) is 0.944. The van der Waals surface area contributed by atoms with Crippen LogP contribution in [0.2, 0.25) is 0 Å². The lowest BCUT2D eigenvalue weighted by atomic mass is 10.0. The highest BCUT2D eigenvalue weighted by Crippen LogP contribution is 2.10. The Morgan fingerprint density at radius 2 is 1.75 bits per heavy atom. The number of ether oxygens (including phenoxy) is 2. The summed E-state index contributed by atoms with van der Waals surface area (Å²) in [6.45, 7) is 12.8. The van der Waals surface area contributed by atoms with Crippen LogP contribution in [-0.4, -0.2) is 81.8 Å². The van der Waals surface area contributed by atoms with Gasteiger partial charge in [0.25, 0.3) is 0 Å². The van der Waals surface area contributed by atoms with Gasteiger partial charge in [0.05, 0.1) is 26.4 Å². The molecule has 0 aromatic heterocycles. The first kappa shape index (κ1) is 23.7. The van der Waals surface area contributed by atoms with E-state index < -0.39 is 0 Å². The molecule has 0 unspecified atom stereocenters. The number of amides is 1. The van der Waals surface area contributed by atoms with Crippen molar-refractivity contribution < 1.29 is 14.3 Å². The Morgan fingerprint density at radius 1 is 1.17 bits per heavy atom. The van der Waals surface area contributed by atoms with Crippen molar-refractivity contribution in [2.24, 2.45) is 0 Å². The first-order valence-electron chi connectivity index (χ1n) is 9.05. The number of nitrogens with zero attached hydrogens (tertiary/aromatic N) is 1. The van der Waals surface area contributed by atoms with Crippen LogP contribution in [0.3, 0.4) is 0 Å². The Balaban J connectivity index is 0.00000163. The van der Waals surface area contributed by atoms with E-state index in [0.29, 0.717) is 44.9 Å². The zero-order valence-electron chi connectivity index (χ0n) is 15.6. The number of hydrogen-bond acceptors (Lipinski definition) is 6. The van der Waals surface area contributed by atoms with Gasteiger partial charge in [0.1, 0.15) is 0 Å².